The molecule has 1 atom stereocenters. The molecule has 0 saturated carbocycles. The summed E-state index contributed by atoms with van der Waals surface area (Å²) in [6.45, 7) is 0. The summed E-state index contributed by atoms with van der Waals surface area (Å²) in [5.41, 5.74) is 0. The Morgan fingerprint density at radius 2 is 2.00 bits per heavy atom. The molecule has 0 aromatic carbocycles. The standard InChI is InChI=1S/C2H6NSe2/c1-3-4-5(3)2/h1-2H3. The van der Waals surface area contributed by atoms with Crippen LogP contribution in [0.5, 0.6) is 0 Å². The van der Waals surface area contributed by atoms with Gasteiger partial charge in [0.05, 0.1) is 0 Å². The summed E-state index contributed by atoms with van der Waals surface area (Å²) < 4.78 is 2.48. The van der Waals surface area contributed by atoms with Crippen LogP contribution in [-0.2, 0) is 0 Å². The molecular formula is C2H6NSe2. The Hall–Kier alpha value is 0.999. The van der Waals surface area contributed by atoms with Crippen molar-refractivity contribution in [1.29, 1.82) is 0 Å². The van der Waals surface area contributed by atoms with Crippen molar-refractivity contribution in [1.82, 2.24) is 2.93 Å². The molecule has 0 aromatic rings. The molecular weight excluding hydrogens is 196 g/mol. The van der Waals surface area contributed by atoms with Crippen molar-refractivity contribution in [2.75, 3.05) is 7.05 Å². The molecule has 5 heavy (non-hydrogen) atoms. The Morgan fingerprint density at radius 3 is 2.00 bits per heavy atom. The third-order valence-electron chi connectivity index (χ3n) is 0.555. The van der Waals surface area contributed by atoms with E-state index in [0.29, 0.717) is 0 Å². The quantitative estimate of drug-likeness (QED) is 0.384. The summed E-state index contributed by atoms with van der Waals surface area (Å²) in [5.74, 6) is 2.38. The molecule has 0 N–H and O–H groups in total. The Balaban J connectivity index is 2.20. The monoisotopic (exact) mass is 204 g/mol. The fourth-order valence-corrected chi connectivity index (χ4v) is 7.18. The number of hydrogen-bond acceptors (Lipinski definition) is 1. The predicted molar refractivity (Wildman–Crippen MR) is 25.1 cm³/mol. The zero-order valence-electron chi connectivity index (χ0n) is 3.26. The number of hydrogen-bond donors (Lipinski definition) is 0. The average molecular weight is 202 g/mol. The van der Waals surface area contributed by atoms with Crippen LogP contribution in [0.3, 0.4) is 0 Å². The van der Waals surface area contributed by atoms with Crippen molar-refractivity contribution in [2.45, 2.75) is 5.82 Å². The molecule has 1 aliphatic rings. The Kier molecular flexibility index (Phi) is 1.04. The fourth-order valence-electron chi connectivity index (χ4n) is 0.138. The molecule has 1 heterocycles. The predicted octanol–water partition coefficient (Wildman–Crippen LogP) is -0.331. The molecule has 0 amide bonds. The minimum atomic E-state index is 0.0162. The SMILES string of the molecule is CN1[Se][Se]1C. The molecule has 1 radical (unpaired) electrons. The molecule has 1 aliphatic heterocycles. The molecule has 1 unspecified atom stereocenters. The van der Waals surface area contributed by atoms with Gasteiger partial charge in [0.15, 0.2) is 0 Å². The van der Waals surface area contributed by atoms with Crippen molar-refractivity contribution in [3.63, 3.8) is 0 Å². The van der Waals surface area contributed by atoms with E-state index in [1.54, 1.807) is 0 Å². The second-order valence-electron chi connectivity index (χ2n) is 0.938. The summed E-state index contributed by atoms with van der Waals surface area (Å²) in [5, 5.41) is 0. The fraction of sp³-hybridized carbons (Fsp3) is 1.00. The first-order valence-electron chi connectivity index (χ1n) is 1.39. The molecule has 1 saturated heterocycles. The van der Waals surface area contributed by atoms with E-state index in [-0.39, 0.29) is 12.3 Å². The first kappa shape index (κ1) is 4.17. The van der Waals surface area contributed by atoms with E-state index in [4.69, 9.17) is 0 Å². The normalized spacial score (nSPS) is 38.4. The summed E-state index contributed by atoms with van der Waals surface area (Å²) in [6.07, 6.45) is 0. The van der Waals surface area contributed by atoms with Crippen LogP contribution in [0.1, 0.15) is 0 Å². The second kappa shape index (κ2) is 1.25. The van der Waals surface area contributed by atoms with E-state index in [2.05, 4.69) is 15.8 Å². The molecule has 1 rings (SSSR count). The van der Waals surface area contributed by atoms with Crippen LogP contribution >= 0.6 is 0 Å². The van der Waals surface area contributed by atoms with Gasteiger partial charge in [0.2, 0.25) is 0 Å². The molecule has 0 aromatic heterocycles. The summed E-state index contributed by atoms with van der Waals surface area (Å²) >= 11 is 1.02. The van der Waals surface area contributed by atoms with Gasteiger partial charge >= 0.3 is 41.4 Å². The van der Waals surface area contributed by atoms with Gasteiger partial charge in [-0.25, -0.2) is 0 Å². The van der Waals surface area contributed by atoms with Gasteiger partial charge in [0.25, 0.3) is 0 Å². The minimum absolute atomic E-state index is 0.0162. The molecule has 0 spiro atoms. The Labute approximate surface area is 41.7 Å². The van der Waals surface area contributed by atoms with Gasteiger partial charge in [0.1, 0.15) is 0 Å². The average Bonchev–Trinajstić information content (AvgIpc) is 1.79. The van der Waals surface area contributed by atoms with E-state index in [1.165, 1.54) is 0 Å². The second-order valence-corrected chi connectivity index (χ2v) is 13.4. The molecule has 31 valence electrons. The number of rotatable bonds is 0. The first-order valence-corrected chi connectivity index (χ1v) is 8.97. The van der Waals surface area contributed by atoms with Gasteiger partial charge in [-0.3, -0.25) is 0 Å². The summed E-state index contributed by atoms with van der Waals surface area (Å²) in [7, 11) is 2.21. The van der Waals surface area contributed by atoms with Crippen molar-refractivity contribution in [2.24, 2.45) is 0 Å². The van der Waals surface area contributed by atoms with E-state index in [0.717, 1.165) is 13.3 Å². The van der Waals surface area contributed by atoms with Crippen LogP contribution in [0, 0.1) is 0 Å². The first-order chi connectivity index (χ1) is 2.30. The van der Waals surface area contributed by atoms with E-state index >= 15 is 0 Å². The molecule has 0 aliphatic carbocycles. The van der Waals surface area contributed by atoms with Crippen LogP contribution in [0.15, 0.2) is 0 Å². The molecule has 3 heteroatoms. The molecule has 1 fully saturated rings. The van der Waals surface area contributed by atoms with Crippen molar-refractivity contribution in [3.8, 4) is 0 Å². The maximum absolute atomic E-state index is 2.48. The Bertz CT molecular complexity index is 40.9. The van der Waals surface area contributed by atoms with Crippen LogP contribution in [-0.4, -0.2) is 35.6 Å². The van der Waals surface area contributed by atoms with Crippen LogP contribution in [0.2, 0.25) is 5.82 Å². The van der Waals surface area contributed by atoms with Crippen molar-refractivity contribution < 1.29 is 0 Å². The third kappa shape index (κ3) is 0.918. The van der Waals surface area contributed by atoms with Gasteiger partial charge < -0.3 is 0 Å². The van der Waals surface area contributed by atoms with Gasteiger partial charge in [-0.15, -0.1) is 0 Å². The zero-order chi connectivity index (χ0) is 3.86. The third-order valence-corrected chi connectivity index (χ3v) is 11.0. The summed E-state index contributed by atoms with van der Waals surface area (Å²) in [6, 6.07) is 0. The van der Waals surface area contributed by atoms with E-state index < -0.39 is 0 Å². The maximum atomic E-state index is 2.48. The Morgan fingerprint density at radius 1 is 1.80 bits per heavy atom. The van der Waals surface area contributed by atoms with Gasteiger partial charge in [0, 0.05) is 0 Å². The van der Waals surface area contributed by atoms with Crippen molar-refractivity contribution >= 4 is 25.6 Å². The van der Waals surface area contributed by atoms with Crippen LogP contribution < -0.4 is 0 Å². The van der Waals surface area contributed by atoms with Gasteiger partial charge in [-0.05, 0) is 0 Å². The van der Waals surface area contributed by atoms with E-state index in [9.17, 15) is 0 Å². The van der Waals surface area contributed by atoms with E-state index in [1.807, 2.05) is 0 Å². The van der Waals surface area contributed by atoms with Gasteiger partial charge in [-0.1, -0.05) is 0 Å². The van der Waals surface area contributed by atoms with Crippen molar-refractivity contribution in [3.05, 3.63) is 0 Å². The number of nitrogens with zero attached hydrogens (tertiary/aromatic N) is 1. The summed E-state index contributed by atoms with van der Waals surface area (Å²) in [4.78, 5) is 0. The topological polar surface area (TPSA) is 3.01 Å². The zero-order valence-corrected chi connectivity index (χ0v) is 6.69. The van der Waals surface area contributed by atoms with Crippen LogP contribution in [0.4, 0.5) is 0 Å². The van der Waals surface area contributed by atoms with Crippen LogP contribution in [0.25, 0.3) is 0 Å². The molecule has 0 bridgehead atoms. The van der Waals surface area contributed by atoms with Gasteiger partial charge in [-0.2, -0.15) is 0 Å². The molecule has 1 nitrogen and oxygen atoms in total.